The van der Waals surface area contributed by atoms with Crippen LogP contribution in [0, 0.1) is 13.8 Å². The van der Waals surface area contributed by atoms with Crippen LogP contribution in [0.2, 0.25) is 0 Å². The average molecular weight is 356 g/mol. The molecule has 0 radical (unpaired) electrons. The number of ether oxygens (including phenoxy) is 2. The third-order valence-corrected chi connectivity index (χ3v) is 3.49. The Balaban J connectivity index is 2.03. The molecule has 0 saturated carbocycles. The topological polar surface area (TPSA) is 70.4 Å². The van der Waals surface area contributed by atoms with Gasteiger partial charge in [-0.2, -0.15) is 5.10 Å². The Labute approximate surface area is 153 Å². The molecule has 0 aliphatic heterocycles. The summed E-state index contributed by atoms with van der Waals surface area (Å²) >= 11 is 0. The molecule has 6 heteroatoms. The van der Waals surface area contributed by atoms with Crippen molar-refractivity contribution in [1.82, 2.24) is 9.78 Å². The van der Waals surface area contributed by atoms with Gasteiger partial charge >= 0.3 is 11.9 Å². The van der Waals surface area contributed by atoms with Crippen LogP contribution in [-0.2, 0) is 19.1 Å². The number of nitrogens with zero attached hydrogens (tertiary/aromatic N) is 2. The molecule has 1 heterocycles. The molecular weight excluding hydrogens is 332 g/mol. The number of hydrogen-bond acceptors (Lipinski definition) is 5. The monoisotopic (exact) mass is 356 g/mol. The van der Waals surface area contributed by atoms with Crippen LogP contribution >= 0.6 is 0 Å². The SMILES string of the molecule is Cc1nn(-c2ccccc2)c(C)c1/C=C\C(=O)OCC(=O)OC(C)(C)C. The number of rotatable bonds is 5. The lowest BCUT2D eigenvalue weighted by Crippen LogP contribution is -2.27. The van der Waals surface area contributed by atoms with Crippen LogP contribution in [0.3, 0.4) is 0 Å². The Morgan fingerprint density at radius 3 is 2.42 bits per heavy atom. The van der Waals surface area contributed by atoms with Crippen LogP contribution in [0.5, 0.6) is 0 Å². The van der Waals surface area contributed by atoms with Crippen LogP contribution in [0.15, 0.2) is 36.4 Å². The van der Waals surface area contributed by atoms with E-state index in [0.717, 1.165) is 22.6 Å². The molecule has 0 saturated heterocycles. The molecule has 6 nitrogen and oxygen atoms in total. The number of esters is 2. The molecule has 0 N–H and O–H groups in total. The van der Waals surface area contributed by atoms with Gasteiger partial charge in [-0.1, -0.05) is 18.2 Å². The average Bonchev–Trinajstić information content (AvgIpc) is 2.85. The molecule has 0 amide bonds. The van der Waals surface area contributed by atoms with Gasteiger partial charge in [0.05, 0.1) is 11.4 Å². The van der Waals surface area contributed by atoms with Crippen molar-refractivity contribution in [3.05, 3.63) is 53.4 Å². The van der Waals surface area contributed by atoms with Gasteiger partial charge in [-0.15, -0.1) is 0 Å². The highest BCUT2D eigenvalue weighted by Gasteiger charge is 2.17. The molecule has 0 bridgehead atoms. The molecular formula is C20H24N2O4. The Kier molecular flexibility index (Phi) is 5.97. The Morgan fingerprint density at radius 2 is 1.81 bits per heavy atom. The van der Waals surface area contributed by atoms with E-state index in [1.165, 1.54) is 6.08 Å². The van der Waals surface area contributed by atoms with Crippen molar-refractivity contribution < 1.29 is 19.1 Å². The minimum atomic E-state index is -0.612. The summed E-state index contributed by atoms with van der Waals surface area (Å²) in [7, 11) is 0. The molecule has 0 fully saturated rings. The van der Waals surface area contributed by atoms with Crippen molar-refractivity contribution in [2.45, 2.75) is 40.2 Å². The first-order valence-corrected chi connectivity index (χ1v) is 8.36. The molecule has 0 aliphatic rings. The standard InChI is InChI=1S/C20H24N2O4/c1-14-17(15(2)22(21-14)16-9-7-6-8-10-16)11-12-18(23)25-13-19(24)26-20(3,4)5/h6-12H,13H2,1-5H3/b12-11-. The summed E-state index contributed by atoms with van der Waals surface area (Å²) in [4.78, 5) is 23.4. The van der Waals surface area contributed by atoms with Crippen LogP contribution in [-0.4, -0.2) is 33.9 Å². The summed E-state index contributed by atoms with van der Waals surface area (Å²) in [5.74, 6) is -1.19. The van der Waals surface area contributed by atoms with Crippen LogP contribution < -0.4 is 0 Å². The van der Waals surface area contributed by atoms with Crippen molar-refractivity contribution in [3.63, 3.8) is 0 Å². The normalized spacial score (nSPS) is 11.6. The lowest BCUT2D eigenvalue weighted by atomic mass is 10.2. The fourth-order valence-electron chi connectivity index (χ4n) is 2.42. The van der Waals surface area contributed by atoms with E-state index in [9.17, 15) is 9.59 Å². The maximum Gasteiger partial charge on any atom is 0.344 e. The first-order chi connectivity index (χ1) is 12.2. The number of benzene rings is 1. The van der Waals surface area contributed by atoms with E-state index in [2.05, 4.69) is 5.10 Å². The summed E-state index contributed by atoms with van der Waals surface area (Å²) in [6.07, 6.45) is 2.94. The van der Waals surface area contributed by atoms with Gasteiger partial charge in [0.15, 0.2) is 6.61 Å². The Morgan fingerprint density at radius 1 is 1.15 bits per heavy atom. The van der Waals surface area contributed by atoms with Gasteiger partial charge < -0.3 is 9.47 Å². The highest BCUT2D eigenvalue weighted by molar-refractivity contribution is 5.89. The van der Waals surface area contributed by atoms with Gasteiger partial charge in [0, 0.05) is 17.3 Å². The third kappa shape index (κ3) is 5.31. The van der Waals surface area contributed by atoms with Gasteiger partial charge in [-0.3, -0.25) is 0 Å². The molecule has 0 atom stereocenters. The number of carbonyl (C=O) groups excluding carboxylic acids is 2. The minimum absolute atomic E-state index is 0.415. The molecule has 0 spiro atoms. The molecule has 1 aromatic carbocycles. The Bertz CT molecular complexity index is 814. The smallest absolute Gasteiger partial charge is 0.344 e. The molecule has 2 rings (SSSR count). The molecule has 0 aliphatic carbocycles. The lowest BCUT2D eigenvalue weighted by Gasteiger charge is -2.19. The van der Waals surface area contributed by atoms with E-state index in [1.807, 2.05) is 48.9 Å². The van der Waals surface area contributed by atoms with Gasteiger partial charge in [0.1, 0.15) is 5.60 Å². The van der Waals surface area contributed by atoms with Crippen LogP contribution in [0.1, 0.15) is 37.7 Å². The van der Waals surface area contributed by atoms with E-state index in [4.69, 9.17) is 9.47 Å². The summed E-state index contributed by atoms with van der Waals surface area (Å²) < 4.78 is 11.8. The highest BCUT2D eigenvalue weighted by atomic mass is 16.6. The van der Waals surface area contributed by atoms with Crippen molar-refractivity contribution in [2.75, 3.05) is 6.61 Å². The predicted molar refractivity (Wildman–Crippen MR) is 98.9 cm³/mol. The van der Waals surface area contributed by atoms with Gasteiger partial charge in [0.2, 0.25) is 0 Å². The first-order valence-electron chi connectivity index (χ1n) is 8.36. The summed E-state index contributed by atoms with van der Waals surface area (Å²) in [5.41, 5.74) is 2.87. The number of aromatic nitrogens is 2. The van der Waals surface area contributed by atoms with Crippen LogP contribution in [0.4, 0.5) is 0 Å². The maximum absolute atomic E-state index is 11.8. The number of para-hydroxylation sites is 1. The fraction of sp³-hybridized carbons (Fsp3) is 0.350. The number of hydrogen-bond donors (Lipinski definition) is 0. The second kappa shape index (κ2) is 7.99. The maximum atomic E-state index is 11.8. The van der Waals surface area contributed by atoms with Gasteiger partial charge in [-0.05, 0) is 52.8 Å². The molecule has 1 aromatic heterocycles. The van der Waals surface area contributed by atoms with Gasteiger partial charge in [-0.25, -0.2) is 14.3 Å². The van der Waals surface area contributed by atoms with E-state index in [0.29, 0.717) is 0 Å². The summed E-state index contributed by atoms with van der Waals surface area (Å²) in [6.45, 7) is 8.65. The molecule has 26 heavy (non-hydrogen) atoms. The summed E-state index contributed by atoms with van der Waals surface area (Å²) in [5, 5.41) is 4.51. The second-order valence-electron chi connectivity index (χ2n) is 6.86. The molecule has 2 aromatic rings. The predicted octanol–water partition coefficient (Wildman–Crippen LogP) is 3.39. The largest absolute Gasteiger partial charge is 0.457 e. The van der Waals surface area contributed by atoms with E-state index < -0.39 is 24.1 Å². The highest BCUT2D eigenvalue weighted by Crippen LogP contribution is 2.19. The van der Waals surface area contributed by atoms with Crippen molar-refractivity contribution in [3.8, 4) is 5.69 Å². The zero-order valence-corrected chi connectivity index (χ0v) is 15.8. The number of carbonyl (C=O) groups is 2. The van der Waals surface area contributed by atoms with Crippen LogP contribution in [0.25, 0.3) is 11.8 Å². The van der Waals surface area contributed by atoms with E-state index in [1.54, 1.807) is 26.8 Å². The fourth-order valence-corrected chi connectivity index (χ4v) is 2.42. The van der Waals surface area contributed by atoms with E-state index >= 15 is 0 Å². The minimum Gasteiger partial charge on any atom is -0.457 e. The molecule has 0 unspecified atom stereocenters. The molecule has 138 valence electrons. The second-order valence-corrected chi connectivity index (χ2v) is 6.86. The summed E-state index contributed by atoms with van der Waals surface area (Å²) in [6, 6.07) is 9.74. The third-order valence-electron chi connectivity index (χ3n) is 3.49. The Hall–Kier alpha value is -2.89. The van der Waals surface area contributed by atoms with Gasteiger partial charge in [0.25, 0.3) is 0 Å². The van der Waals surface area contributed by atoms with Crippen molar-refractivity contribution in [1.29, 1.82) is 0 Å². The number of aryl methyl sites for hydroxylation is 1. The lowest BCUT2D eigenvalue weighted by molar-refractivity contribution is -0.164. The van der Waals surface area contributed by atoms with E-state index in [-0.39, 0.29) is 0 Å². The zero-order chi connectivity index (χ0) is 19.3. The van der Waals surface area contributed by atoms with Crippen molar-refractivity contribution in [2.24, 2.45) is 0 Å². The first kappa shape index (κ1) is 19.4. The van der Waals surface area contributed by atoms with Crippen molar-refractivity contribution >= 4 is 18.0 Å². The zero-order valence-electron chi connectivity index (χ0n) is 15.8. The quantitative estimate of drug-likeness (QED) is 0.607.